The van der Waals surface area contributed by atoms with Gasteiger partial charge in [0.15, 0.2) is 0 Å². The second-order valence-electron chi connectivity index (χ2n) is 7.91. The maximum absolute atomic E-state index is 13.4. The summed E-state index contributed by atoms with van der Waals surface area (Å²) in [5, 5.41) is 3.06. The molecular formula is C20H29N3O4S. The van der Waals surface area contributed by atoms with Crippen LogP contribution >= 0.6 is 0 Å². The van der Waals surface area contributed by atoms with Crippen LogP contribution in [0.1, 0.15) is 45.1 Å². The number of nitrogens with zero attached hydrogens (tertiary/aromatic N) is 2. The van der Waals surface area contributed by atoms with E-state index in [0.29, 0.717) is 5.69 Å². The van der Waals surface area contributed by atoms with Crippen molar-refractivity contribution in [3.8, 4) is 0 Å². The van der Waals surface area contributed by atoms with Crippen LogP contribution in [0.25, 0.3) is 0 Å². The van der Waals surface area contributed by atoms with Gasteiger partial charge in [0.05, 0.1) is 12.3 Å². The summed E-state index contributed by atoms with van der Waals surface area (Å²) >= 11 is 0. The minimum absolute atomic E-state index is 0.0538. The van der Waals surface area contributed by atoms with Crippen LogP contribution in [0, 0.1) is 6.92 Å². The number of aryl methyl sites for hydroxylation is 1. The molecule has 7 nitrogen and oxygen atoms in total. The van der Waals surface area contributed by atoms with E-state index in [9.17, 15) is 18.0 Å². The Morgan fingerprint density at radius 2 is 1.89 bits per heavy atom. The highest BCUT2D eigenvalue weighted by Crippen LogP contribution is 2.33. The van der Waals surface area contributed by atoms with Crippen LogP contribution in [0.5, 0.6) is 0 Å². The molecule has 154 valence electrons. The largest absolute Gasteiger partial charge is 0.351 e. The highest BCUT2D eigenvalue weighted by atomic mass is 32.2. The molecular weight excluding hydrogens is 378 g/mol. The Labute approximate surface area is 167 Å². The molecule has 0 radical (unpaired) electrons. The fraction of sp³-hybridized carbons (Fsp3) is 0.600. The van der Waals surface area contributed by atoms with Gasteiger partial charge in [0.1, 0.15) is 5.54 Å². The quantitative estimate of drug-likeness (QED) is 0.807. The number of hydrogen-bond donors (Lipinski definition) is 1. The molecule has 2 amide bonds. The highest BCUT2D eigenvalue weighted by molar-refractivity contribution is 7.89. The molecule has 3 rings (SSSR count). The predicted molar refractivity (Wildman–Crippen MR) is 109 cm³/mol. The summed E-state index contributed by atoms with van der Waals surface area (Å²) in [6.07, 6.45) is 3.96. The Hall–Kier alpha value is -1.93. The van der Waals surface area contributed by atoms with E-state index in [4.69, 9.17) is 0 Å². The summed E-state index contributed by atoms with van der Waals surface area (Å²) in [5.41, 5.74) is 0.194. The molecule has 1 atom stereocenters. The molecule has 0 unspecified atom stereocenters. The number of sulfonamides is 1. The molecule has 1 aromatic rings. The van der Waals surface area contributed by atoms with Crippen LogP contribution in [0.4, 0.5) is 5.69 Å². The number of carbonyl (C=O) groups excluding carboxylic acids is 2. The first-order valence-corrected chi connectivity index (χ1v) is 11.5. The third-order valence-electron chi connectivity index (χ3n) is 5.83. The summed E-state index contributed by atoms with van der Waals surface area (Å²) in [4.78, 5) is 28.0. The van der Waals surface area contributed by atoms with Crippen LogP contribution in [-0.4, -0.2) is 55.0 Å². The summed E-state index contributed by atoms with van der Waals surface area (Å²) in [5.74, 6) is -0.793. The Balaban J connectivity index is 2.02. The molecule has 8 heteroatoms. The van der Waals surface area contributed by atoms with Crippen molar-refractivity contribution >= 4 is 27.5 Å². The van der Waals surface area contributed by atoms with Crippen molar-refractivity contribution < 1.29 is 18.0 Å². The maximum atomic E-state index is 13.4. The number of nitrogens with one attached hydrogen (secondary N) is 1. The van der Waals surface area contributed by atoms with Crippen molar-refractivity contribution in [1.82, 2.24) is 9.62 Å². The topological polar surface area (TPSA) is 86.8 Å². The Morgan fingerprint density at radius 1 is 1.25 bits per heavy atom. The van der Waals surface area contributed by atoms with Crippen molar-refractivity contribution in [3.63, 3.8) is 0 Å². The molecule has 1 aliphatic heterocycles. The zero-order valence-electron chi connectivity index (χ0n) is 16.8. The Morgan fingerprint density at radius 3 is 2.50 bits per heavy atom. The SMILES string of the molecule is CCS(=O)(=O)N1CC(=O)N(c2ccccc2C)[C@@](C)(C(=O)NC2CCCC2)C1. The van der Waals surface area contributed by atoms with E-state index in [1.165, 1.54) is 4.90 Å². The van der Waals surface area contributed by atoms with Gasteiger partial charge in [-0.1, -0.05) is 31.0 Å². The van der Waals surface area contributed by atoms with Crippen molar-refractivity contribution in [2.75, 3.05) is 23.7 Å². The monoisotopic (exact) mass is 407 g/mol. The third kappa shape index (κ3) is 3.80. The smallest absolute Gasteiger partial charge is 0.247 e. The number of para-hydroxylation sites is 1. The van der Waals surface area contributed by atoms with Gasteiger partial charge < -0.3 is 5.32 Å². The summed E-state index contributed by atoms with van der Waals surface area (Å²) in [6, 6.07) is 7.46. The number of hydrogen-bond acceptors (Lipinski definition) is 4. The van der Waals surface area contributed by atoms with Gasteiger partial charge in [-0.25, -0.2) is 8.42 Å². The van der Waals surface area contributed by atoms with Gasteiger partial charge in [0, 0.05) is 18.3 Å². The molecule has 2 fully saturated rings. The molecule has 1 aliphatic carbocycles. The molecule has 2 aliphatic rings. The van der Waals surface area contributed by atoms with Crippen molar-refractivity contribution in [2.45, 2.75) is 58.0 Å². The van der Waals surface area contributed by atoms with E-state index >= 15 is 0 Å². The zero-order valence-corrected chi connectivity index (χ0v) is 17.6. The van der Waals surface area contributed by atoms with Gasteiger partial charge in [0.2, 0.25) is 21.8 Å². The van der Waals surface area contributed by atoms with E-state index in [1.54, 1.807) is 19.9 Å². The molecule has 0 spiro atoms. The molecule has 1 aromatic carbocycles. The van der Waals surface area contributed by atoms with Crippen LogP contribution in [0.2, 0.25) is 0 Å². The summed E-state index contributed by atoms with van der Waals surface area (Å²) in [6.45, 7) is 4.79. The molecule has 1 saturated heterocycles. The number of amides is 2. The van der Waals surface area contributed by atoms with Crippen LogP contribution in [0.15, 0.2) is 24.3 Å². The number of rotatable bonds is 5. The average Bonchev–Trinajstić information content (AvgIpc) is 3.15. The van der Waals surface area contributed by atoms with Gasteiger partial charge in [-0.15, -0.1) is 0 Å². The second-order valence-corrected chi connectivity index (χ2v) is 10.2. The van der Waals surface area contributed by atoms with Crippen LogP contribution < -0.4 is 10.2 Å². The van der Waals surface area contributed by atoms with Crippen molar-refractivity contribution in [3.05, 3.63) is 29.8 Å². The number of anilines is 1. The number of benzene rings is 1. The Bertz CT molecular complexity index is 864. The van der Waals surface area contributed by atoms with Gasteiger partial charge in [-0.2, -0.15) is 4.31 Å². The van der Waals surface area contributed by atoms with E-state index < -0.39 is 15.6 Å². The van der Waals surface area contributed by atoms with Gasteiger partial charge in [-0.05, 0) is 45.2 Å². The molecule has 1 saturated carbocycles. The molecule has 1 heterocycles. The number of carbonyl (C=O) groups is 2. The summed E-state index contributed by atoms with van der Waals surface area (Å²) < 4.78 is 26.1. The second kappa shape index (κ2) is 7.83. The van der Waals surface area contributed by atoms with Crippen LogP contribution in [-0.2, 0) is 19.6 Å². The molecule has 1 N–H and O–H groups in total. The van der Waals surface area contributed by atoms with E-state index in [1.807, 2.05) is 25.1 Å². The first kappa shape index (κ1) is 20.8. The van der Waals surface area contributed by atoms with Gasteiger partial charge >= 0.3 is 0 Å². The maximum Gasteiger partial charge on any atom is 0.247 e. The molecule has 28 heavy (non-hydrogen) atoms. The van der Waals surface area contributed by atoms with Gasteiger partial charge in [0.25, 0.3) is 0 Å². The van der Waals surface area contributed by atoms with Crippen LogP contribution in [0.3, 0.4) is 0 Å². The Kier molecular flexibility index (Phi) is 5.82. The summed E-state index contributed by atoms with van der Waals surface area (Å²) in [7, 11) is -3.60. The average molecular weight is 408 g/mol. The normalized spacial score (nSPS) is 24.5. The van der Waals surface area contributed by atoms with E-state index in [-0.39, 0.29) is 36.7 Å². The lowest BCUT2D eigenvalue weighted by Crippen LogP contribution is -2.71. The minimum Gasteiger partial charge on any atom is -0.351 e. The fourth-order valence-electron chi connectivity index (χ4n) is 4.14. The minimum atomic E-state index is -3.60. The standard InChI is InChI=1S/C20H29N3O4S/c1-4-28(26,27)22-13-18(24)23(17-12-8-5-9-15(17)2)20(3,14-22)19(25)21-16-10-6-7-11-16/h5,8-9,12,16H,4,6-7,10-11,13-14H2,1-3H3,(H,21,25)/t20-/m1/s1. The first-order valence-electron chi connectivity index (χ1n) is 9.86. The lowest BCUT2D eigenvalue weighted by atomic mass is 9.93. The van der Waals surface area contributed by atoms with Crippen molar-refractivity contribution in [1.29, 1.82) is 0 Å². The molecule has 0 bridgehead atoms. The molecule has 0 aromatic heterocycles. The first-order chi connectivity index (χ1) is 13.2. The fourth-order valence-corrected chi connectivity index (χ4v) is 5.27. The third-order valence-corrected chi connectivity index (χ3v) is 7.61. The van der Waals surface area contributed by atoms with Crippen molar-refractivity contribution in [2.24, 2.45) is 0 Å². The number of piperazine rings is 1. The highest BCUT2D eigenvalue weighted by Gasteiger charge is 2.51. The predicted octanol–water partition coefficient (Wildman–Crippen LogP) is 1.81. The lowest BCUT2D eigenvalue weighted by molar-refractivity contribution is -0.133. The van der Waals surface area contributed by atoms with E-state index in [2.05, 4.69) is 5.32 Å². The zero-order chi connectivity index (χ0) is 20.5. The lowest BCUT2D eigenvalue weighted by Gasteiger charge is -2.47. The van der Waals surface area contributed by atoms with Gasteiger partial charge in [-0.3, -0.25) is 14.5 Å². The van der Waals surface area contributed by atoms with E-state index in [0.717, 1.165) is 35.6 Å².